The summed E-state index contributed by atoms with van der Waals surface area (Å²) in [5.41, 5.74) is 0. The summed E-state index contributed by atoms with van der Waals surface area (Å²) in [5, 5.41) is 16.8. The molecule has 3 nitrogen and oxygen atoms in total. The fourth-order valence-electron chi connectivity index (χ4n) is 0.334. The summed E-state index contributed by atoms with van der Waals surface area (Å²) in [6, 6.07) is 0. The summed E-state index contributed by atoms with van der Waals surface area (Å²) in [6.07, 6.45) is 1.02. The first kappa shape index (κ1) is 10.6. The Balaban J connectivity index is 0.000000187. The number of aliphatic hydroxyl groups excluding tert-OH is 2. The Bertz CT molecular complexity index is 106. The third-order valence-electron chi connectivity index (χ3n) is 1.24. The third-order valence-corrected chi connectivity index (χ3v) is 1.24. The first-order chi connectivity index (χ1) is 5.07. The molecule has 0 bridgehead atoms. The van der Waals surface area contributed by atoms with E-state index in [1.807, 2.05) is 0 Å². The van der Waals surface area contributed by atoms with Crippen LogP contribution < -0.4 is 0 Å². The van der Waals surface area contributed by atoms with E-state index >= 15 is 0 Å². The molecule has 3 heteroatoms. The van der Waals surface area contributed by atoms with Crippen molar-refractivity contribution < 1.29 is 14.9 Å². The molecule has 1 rings (SSSR count). The van der Waals surface area contributed by atoms with E-state index in [1.165, 1.54) is 6.08 Å². The van der Waals surface area contributed by atoms with Crippen molar-refractivity contribution in [2.45, 2.75) is 32.2 Å². The van der Waals surface area contributed by atoms with E-state index in [4.69, 9.17) is 14.9 Å². The lowest BCUT2D eigenvalue weighted by Crippen LogP contribution is -2.07. The maximum atomic E-state index is 8.57. The highest BCUT2D eigenvalue weighted by Crippen LogP contribution is 2.12. The van der Waals surface area contributed by atoms with Gasteiger partial charge < -0.3 is 14.9 Å². The van der Waals surface area contributed by atoms with E-state index < -0.39 is 0 Å². The van der Waals surface area contributed by atoms with Gasteiger partial charge >= 0.3 is 0 Å². The number of epoxide rings is 1. The number of hydrogen-bond acceptors (Lipinski definition) is 3. The normalized spacial score (nSPS) is 26.0. The van der Waals surface area contributed by atoms with Gasteiger partial charge in [0.25, 0.3) is 0 Å². The van der Waals surface area contributed by atoms with Crippen molar-refractivity contribution in [3.8, 4) is 0 Å². The highest BCUT2D eigenvalue weighted by Gasteiger charge is 2.27. The van der Waals surface area contributed by atoms with Crippen LogP contribution in [0.25, 0.3) is 0 Å². The van der Waals surface area contributed by atoms with Gasteiger partial charge in [-0.3, -0.25) is 0 Å². The first-order valence-corrected chi connectivity index (χ1v) is 3.68. The molecule has 1 aliphatic heterocycles. The summed E-state index contributed by atoms with van der Waals surface area (Å²) in [7, 11) is 0. The SMILES string of the molecule is C=CC(C)O.CC(O)C1CO1. The topological polar surface area (TPSA) is 53.0 Å². The lowest BCUT2D eigenvalue weighted by atomic mass is 10.3. The quantitative estimate of drug-likeness (QED) is 0.452. The second-order valence-electron chi connectivity index (χ2n) is 2.59. The summed E-state index contributed by atoms with van der Waals surface area (Å²) >= 11 is 0. The van der Waals surface area contributed by atoms with E-state index in [0.29, 0.717) is 0 Å². The minimum absolute atomic E-state index is 0.157. The molecule has 11 heavy (non-hydrogen) atoms. The third kappa shape index (κ3) is 7.52. The van der Waals surface area contributed by atoms with Gasteiger partial charge in [0, 0.05) is 0 Å². The molecule has 0 aromatic carbocycles. The van der Waals surface area contributed by atoms with E-state index in [9.17, 15) is 0 Å². The van der Waals surface area contributed by atoms with Crippen LogP contribution in [0.5, 0.6) is 0 Å². The summed E-state index contributed by atoms with van der Waals surface area (Å²) in [5.74, 6) is 0. The van der Waals surface area contributed by atoms with Gasteiger partial charge in [-0.1, -0.05) is 6.08 Å². The average Bonchev–Trinajstić information content (AvgIpc) is 2.69. The fraction of sp³-hybridized carbons (Fsp3) is 0.750. The van der Waals surface area contributed by atoms with Crippen molar-refractivity contribution >= 4 is 0 Å². The predicted molar refractivity (Wildman–Crippen MR) is 43.3 cm³/mol. The smallest absolute Gasteiger partial charge is 0.106 e. The van der Waals surface area contributed by atoms with Crippen LogP contribution in [0.3, 0.4) is 0 Å². The Hall–Kier alpha value is -0.380. The Kier molecular flexibility index (Phi) is 5.11. The lowest BCUT2D eigenvalue weighted by molar-refractivity contribution is 0.153. The Morgan fingerprint density at radius 1 is 1.55 bits per heavy atom. The van der Waals surface area contributed by atoms with Gasteiger partial charge in [-0.2, -0.15) is 0 Å². The van der Waals surface area contributed by atoms with Gasteiger partial charge in [-0.15, -0.1) is 6.58 Å². The van der Waals surface area contributed by atoms with Crippen molar-refractivity contribution in [1.29, 1.82) is 0 Å². The zero-order chi connectivity index (χ0) is 8.85. The molecular formula is C8H16O3. The lowest BCUT2D eigenvalue weighted by Gasteiger charge is -1.90. The van der Waals surface area contributed by atoms with Gasteiger partial charge in [0.05, 0.1) is 18.8 Å². The molecule has 2 N–H and O–H groups in total. The molecule has 1 fully saturated rings. The Labute approximate surface area is 67.3 Å². The van der Waals surface area contributed by atoms with Crippen molar-refractivity contribution in [3.63, 3.8) is 0 Å². The average molecular weight is 160 g/mol. The van der Waals surface area contributed by atoms with Crippen molar-refractivity contribution in [2.24, 2.45) is 0 Å². The largest absolute Gasteiger partial charge is 0.391 e. The van der Waals surface area contributed by atoms with Gasteiger partial charge in [-0.05, 0) is 13.8 Å². The van der Waals surface area contributed by atoms with Crippen molar-refractivity contribution in [3.05, 3.63) is 12.7 Å². The van der Waals surface area contributed by atoms with Crippen LogP contribution in [0.15, 0.2) is 12.7 Å². The molecule has 0 saturated carbocycles. The molecule has 0 aliphatic carbocycles. The highest BCUT2D eigenvalue weighted by atomic mass is 16.6. The van der Waals surface area contributed by atoms with Crippen LogP contribution >= 0.6 is 0 Å². The minimum Gasteiger partial charge on any atom is -0.391 e. The Morgan fingerprint density at radius 2 is 1.91 bits per heavy atom. The van der Waals surface area contributed by atoms with Gasteiger partial charge in [0.1, 0.15) is 6.10 Å². The molecule has 1 saturated heterocycles. The maximum absolute atomic E-state index is 8.57. The molecule has 1 aliphatic rings. The van der Waals surface area contributed by atoms with E-state index in [0.717, 1.165) is 6.61 Å². The first-order valence-electron chi connectivity index (χ1n) is 3.68. The zero-order valence-corrected chi connectivity index (χ0v) is 7.03. The predicted octanol–water partition coefficient (Wildman–Crippen LogP) is 0.319. The number of hydrogen-bond donors (Lipinski definition) is 2. The monoisotopic (exact) mass is 160 g/mol. The maximum Gasteiger partial charge on any atom is 0.106 e. The summed E-state index contributed by atoms with van der Waals surface area (Å²) in [6.45, 7) is 7.45. The van der Waals surface area contributed by atoms with Crippen molar-refractivity contribution in [2.75, 3.05) is 6.61 Å². The number of rotatable bonds is 2. The zero-order valence-electron chi connectivity index (χ0n) is 7.03. The van der Waals surface area contributed by atoms with E-state index in [1.54, 1.807) is 13.8 Å². The standard InChI is InChI=1S/C4H8O2.C4H8O/c1-3(5)4-2-6-4;1-3-4(2)5/h3-5H,2H2,1H3;3-5H,1H2,2H3. The molecule has 3 atom stereocenters. The highest BCUT2D eigenvalue weighted by molar-refractivity contribution is 4.73. The van der Waals surface area contributed by atoms with E-state index in [-0.39, 0.29) is 18.3 Å². The van der Waals surface area contributed by atoms with E-state index in [2.05, 4.69) is 6.58 Å². The second-order valence-corrected chi connectivity index (χ2v) is 2.59. The molecule has 1 heterocycles. The summed E-state index contributed by atoms with van der Waals surface area (Å²) in [4.78, 5) is 0. The molecular weight excluding hydrogens is 144 g/mol. The molecule has 3 unspecified atom stereocenters. The molecule has 0 radical (unpaired) electrons. The Morgan fingerprint density at radius 3 is 1.91 bits per heavy atom. The van der Waals surface area contributed by atoms with Crippen LogP contribution in [-0.2, 0) is 4.74 Å². The van der Waals surface area contributed by atoms with Crippen LogP contribution in [-0.4, -0.2) is 35.1 Å². The van der Waals surface area contributed by atoms with Crippen LogP contribution in [0.1, 0.15) is 13.8 Å². The fourth-order valence-corrected chi connectivity index (χ4v) is 0.334. The molecule has 0 aromatic rings. The van der Waals surface area contributed by atoms with Gasteiger partial charge in [-0.25, -0.2) is 0 Å². The molecule has 0 aromatic heterocycles. The molecule has 66 valence electrons. The van der Waals surface area contributed by atoms with Crippen LogP contribution in [0.4, 0.5) is 0 Å². The van der Waals surface area contributed by atoms with Gasteiger partial charge in [0.15, 0.2) is 0 Å². The van der Waals surface area contributed by atoms with Crippen LogP contribution in [0, 0.1) is 0 Å². The van der Waals surface area contributed by atoms with Crippen molar-refractivity contribution in [1.82, 2.24) is 0 Å². The summed E-state index contributed by atoms with van der Waals surface area (Å²) < 4.78 is 4.72. The number of ether oxygens (including phenoxy) is 1. The number of aliphatic hydroxyl groups is 2. The molecule has 0 spiro atoms. The molecule has 0 amide bonds. The van der Waals surface area contributed by atoms with Crippen LogP contribution in [0.2, 0.25) is 0 Å². The van der Waals surface area contributed by atoms with Gasteiger partial charge in [0.2, 0.25) is 0 Å². The second kappa shape index (κ2) is 5.29. The minimum atomic E-state index is -0.352.